The number of rotatable bonds is 3. The Hall–Kier alpha value is -2.82. The Kier molecular flexibility index (Phi) is 4.23. The molecule has 0 aliphatic heterocycles. The molecule has 0 bridgehead atoms. The molecule has 4 N–H and O–H groups in total. The third-order valence-electron chi connectivity index (χ3n) is 3.14. The van der Waals surface area contributed by atoms with Crippen molar-refractivity contribution in [1.82, 2.24) is 5.32 Å². The van der Waals surface area contributed by atoms with Crippen LogP contribution >= 0.6 is 0 Å². The van der Waals surface area contributed by atoms with Crippen molar-refractivity contribution >= 4 is 23.2 Å². The summed E-state index contributed by atoms with van der Waals surface area (Å²) in [7, 11) is 1.56. The van der Waals surface area contributed by atoms with Crippen LogP contribution in [0.15, 0.2) is 42.5 Å². The van der Waals surface area contributed by atoms with Crippen LogP contribution < -0.4 is 16.4 Å². The monoisotopic (exact) mass is 283 g/mol. The lowest BCUT2D eigenvalue weighted by molar-refractivity contribution is 0.0961. The van der Waals surface area contributed by atoms with Crippen LogP contribution in [0.4, 0.5) is 11.4 Å². The maximum Gasteiger partial charge on any atom is 0.258 e. The molecule has 5 heteroatoms. The molecule has 0 saturated heterocycles. The highest BCUT2D eigenvalue weighted by Crippen LogP contribution is 2.19. The SMILES string of the molecule is CNC(=O)c1cccc(NC(=O)c2c(C)cccc2N)c1. The second kappa shape index (κ2) is 6.09. The summed E-state index contributed by atoms with van der Waals surface area (Å²) in [6.45, 7) is 1.83. The van der Waals surface area contributed by atoms with Gasteiger partial charge in [-0.05, 0) is 36.8 Å². The topological polar surface area (TPSA) is 84.2 Å². The van der Waals surface area contributed by atoms with Crippen molar-refractivity contribution in [3.63, 3.8) is 0 Å². The molecular weight excluding hydrogens is 266 g/mol. The summed E-state index contributed by atoms with van der Waals surface area (Å²) < 4.78 is 0. The van der Waals surface area contributed by atoms with Crippen LogP contribution in [0.25, 0.3) is 0 Å². The van der Waals surface area contributed by atoms with Gasteiger partial charge in [0.05, 0.1) is 5.56 Å². The molecule has 2 rings (SSSR count). The standard InChI is InChI=1S/C16H17N3O2/c1-10-5-3-8-13(17)14(10)16(21)19-12-7-4-6-11(9-12)15(20)18-2/h3-9H,17H2,1-2H3,(H,18,20)(H,19,21). The number of aryl methyl sites for hydroxylation is 1. The number of amides is 2. The van der Waals surface area contributed by atoms with Gasteiger partial charge in [-0.25, -0.2) is 0 Å². The highest BCUT2D eigenvalue weighted by atomic mass is 16.2. The van der Waals surface area contributed by atoms with Crippen molar-refractivity contribution in [2.45, 2.75) is 6.92 Å². The van der Waals surface area contributed by atoms with Crippen molar-refractivity contribution in [3.8, 4) is 0 Å². The minimum absolute atomic E-state index is 0.207. The molecule has 0 fully saturated rings. The van der Waals surface area contributed by atoms with Gasteiger partial charge in [0.15, 0.2) is 0 Å². The van der Waals surface area contributed by atoms with Gasteiger partial charge < -0.3 is 16.4 Å². The first-order valence-corrected chi connectivity index (χ1v) is 6.51. The quantitative estimate of drug-likeness (QED) is 0.755. The Labute approximate surface area is 123 Å². The van der Waals surface area contributed by atoms with Crippen LogP contribution in [0.3, 0.4) is 0 Å². The molecule has 0 aliphatic rings. The smallest absolute Gasteiger partial charge is 0.258 e. The predicted molar refractivity (Wildman–Crippen MR) is 83.4 cm³/mol. The van der Waals surface area contributed by atoms with Crippen molar-refractivity contribution in [2.75, 3.05) is 18.1 Å². The van der Waals surface area contributed by atoms with Crippen LogP contribution in [0.1, 0.15) is 26.3 Å². The first-order valence-electron chi connectivity index (χ1n) is 6.51. The molecule has 2 aromatic carbocycles. The Balaban J connectivity index is 2.26. The molecule has 2 amide bonds. The lowest BCUT2D eigenvalue weighted by Crippen LogP contribution is -2.19. The number of carbonyl (C=O) groups excluding carboxylic acids is 2. The fraction of sp³-hybridized carbons (Fsp3) is 0.125. The molecule has 0 heterocycles. The van der Waals surface area contributed by atoms with Crippen molar-refractivity contribution in [3.05, 3.63) is 59.2 Å². The highest BCUT2D eigenvalue weighted by molar-refractivity contribution is 6.09. The molecule has 108 valence electrons. The lowest BCUT2D eigenvalue weighted by Gasteiger charge is -2.11. The molecule has 21 heavy (non-hydrogen) atoms. The van der Waals surface area contributed by atoms with Gasteiger partial charge in [0.1, 0.15) is 0 Å². The third kappa shape index (κ3) is 3.20. The molecule has 0 radical (unpaired) electrons. The maximum absolute atomic E-state index is 12.3. The first-order chi connectivity index (χ1) is 10.0. The summed E-state index contributed by atoms with van der Waals surface area (Å²) >= 11 is 0. The summed E-state index contributed by atoms with van der Waals surface area (Å²) in [5, 5.41) is 5.30. The number of nitrogens with two attached hydrogens (primary N) is 1. The molecule has 0 aromatic heterocycles. The number of anilines is 2. The molecule has 2 aromatic rings. The Morgan fingerprint density at radius 2 is 1.76 bits per heavy atom. The average molecular weight is 283 g/mol. The normalized spacial score (nSPS) is 10.0. The summed E-state index contributed by atoms with van der Waals surface area (Å²) in [4.78, 5) is 23.9. The minimum Gasteiger partial charge on any atom is -0.398 e. The molecule has 0 atom stereocenters. The zero-order valence-corrected chi connectivity index (χ0v) is 11.9. The fourth-order valence-electron chi connectivity index (χ4n) is 2.08. The second-order valence-electron chi connectivity index (χ2n) is 4.65. The molecule has 5 nitrogen and oxygen atoms in total. The van der Waals surface area contributed by atoms with E-state index in [2.05, 4.69) is 10.6 Å². The highest BCUT2D eigenvalue weighted by Gasteiger charge is 2.13. The van der Waals surface area contributed by atoms with E-state index in [4.69, 9.17) is 5.73 Å². The number of hydrogen-bond acceptors (Lipinski definition) is 3. The molecule has 0 saturated carbocycles. The summed E-state index contributed by atoms with van der Waals surface area (Å²) in [6, 6.07) is 12.0. The van der Waals surface area contributed by atoms with Crippen molar-refractivity contribution in [1.29, 1.82) is 0 Å². The molecule has 0 spiro atoms. The average Bonchev–Trinajstić information content (AvgIpc) is 2.46. The van der Waals surface area contributed by atoms with Crippen LogP contribution in [-0.4, -0.2) is 18.9 Å². The Morgan fingerprint density at radius 1 is 1.05 bits per heavy atom. The van der Waals surface area contributed by atoms with Crippen molar-refractivity contribution in [2.24, 2.45) is 0 Å². The van der Waals surface area contributed by atoms with Crippen LogP contribution in [0.5, 0.6) is 0 Å². The Bertz CT molecular complexity index is 675. The zero-order chi connectivity index (χ0) is 15.4. The molecule has 0 aliphatic carbocycles. The number of carbonyl (C=O) groups is 2. The first kappa shape index (κ1) is 14.6. The van der Waals surface area contributed by atoms with E-state index < -0.39 is 0 Å². The van der Waals surface area contributed by atoms with Crippen molar-refractivity contribution < 1.29 is 9.59 Å². The van der Waals surface area contributed by atoms with Gasteiger partial charge in [-0.1, -0.05) is 18.2 Å². The predicted octanol–water partition coefficient (Wildman–Crippen LogP) is 2.19. The number of nitrogen functional groups attached to an aromatic ring is 1. The van der Waals surface area contributed by atoms with Gasteiger partial charge >= 0.3 is 0 Å². The van der Waals surface area contributed by atoms with Crippen LogP contribution in [0, 0.1) is 6.92 Å². The minimum atomic E-state index is -0.292. The van der Waals surface area contributed by atoms with Gasteiger partial charge in [0.25, 0.3) is 11.8 Å². The van der Waals surface area contributed by atoms with E-state index in [1.807, 2.05) is 13.0 Å². The van der Waals surface area contributed by atoms with Gasteiger partial charge in [0, 0.05) is 24.0 Å². The van der Waals surface area contributed by atoms with E-state index in [0.29, 0.717) is 22.5 Å². The molecular formula is C16H17N3O2. The Morgan fingerprint density at radius 3 is 2.43 bits per heavy atom. The molecule has 0 unspecified atom stereocenters. The van der Waals surface area contributed by atoms with Gasteiger partial charge in [-0.3, -0.25) is 9.59 Å². The van der Waals surface area contributed by atoms with E-state index in [1.54, 1.807) is 43.4 Å². The van der Waals surface area contributed by atoms with Crippen LogP contribution in [-0.2, 0) is 0 Å². The van der Waals surface area contributed by atoms with E-state index in [1.165, 1.54) is 0 Å². The van der Waals surface area contributed by atoms with Gasteiger partial charge in [0.2, 0.25) is 0 Å². The largest absolute Gasteiger partial charge is 0.398 e. The second-order valence-corrected chi connectivity index (χ2v) is 4.65. The maximum atomic E-state index is 12.3. The zero-order valence-electron chi connectivity index (χ0n) is 11.9. The third-order valence-corrected chi connectivity index (χ3v) is 3.14. The van der Waals surface area contributed by atoms with E-state index in [9.17, 15) is 9.59 Å². The number of hydrogen-bond donors (Lipinski definition) is 3. The van der Waals surface area contributed by atoms with E-state index >= 15 is 0 Å². The lowest BCUT2D eigenvalue weighted by atomic mass is 10.1. The van der Waals surface area contributed by atoms with Gasteiger partial charge in [-0.15, -0.1) is 0 Å². The van der Waals surface area contributed by atoms with Gasteiger partial charge in [-0.2, -0.15) is 0 Å². The van der Waals surface area contributed by atoms with E-state index in [0.717, 1.165) is 5.56 Å². The number of benzene rings is 2. The summed E-state index contributed by atoms with van der Waals surface area (Å²) in [6.07, 6.45) is 0. The van der Waals surface area contributed by atoms with Crippen LogP contribution in [0.2, 0.25) is 0 Å². The summed E-state index contributed by atoms with van der Waals surface area (Å²) in [5.41, 5.74) is 8.55. The van der Waals surface area contributed by atoms with E-state index in [-0.39, 0.29) is 11.8 Å². The summed E-state index contributed by atoms with van der Waals surface area (Å²) in [5.74, 6) is -0.499. The fourth-order valence-corrected chi connectivity index (χ4v) is 2.08. The number of nitrogens with one attached hydrogen (secondary N) is 2.